The molecule has 0 aromatic heterocycles. The third-order valence-corrected chi connectivity index (χ3v) is 8.22. The Labute approximate surface area is 227 Å². The number of hydrogen-bond donors (Lipinski definition) is 1. The zero-order valence-electron chi connectivity index (χ0n) is 21.5. The summed E-state index contributed by atoms with van der Waals surface area (Å²) in [6.45, 7) is 0.0196. The van der Waals surface area contributed by atoms with E-state index in [0.29, 0.717) is 31.5 Å². The van der Waals surface area contributed by atoms with E-state index >= 15 is 0 Å². The van der Waals surface area contributed by atoms with E-state index in [1.165, 1.54) is 27.2 Å². The number of unbranched alkanes of at least 4 members (excludes halogenated alkanes) is 2. The molecule has 0 saturated carbocycles. The van der Waals surface area contributed by atoms with E-state index in [-0.39, 0.29) is 54.4 Å². The van der Waals surface area contributed by atoms with Crippen molar-refractivity contribution in [2.45, 2.75) is 37.5 Å². The summed E-state index contributed by atoms with van der Waals surface area (Å²) in [6, 6.07) is 25.4. The second-order valence-electron chi connectivity index (χ2n) is 10.5. The van der Waals surface area contributed by atoms with Crippen LogP contribution >= 0.6 is 0 Å². The summed E-state index contributed by atoms with van der Waals surface area (Å²) in [6.07, 6.45) is 2.03. The largest absolute Gasteiger partial charge is 0.456 e. The van der Waals surface area contributed by atoms with Gasteiger partial charge in [-0.25, -0.2) is 0 Å². The number of benzene rings is 3. The van der Waals surface area contributed by atoms with Crippen LogP contribution in [0.4, 0.5) is 5.69 Å². The van der Waals surface area contributed by atoms with Crippen molar-refractivity contribution in [1.29, 1.82) is 0 Å². The van der Waals surface area contributed by atoms with Gasteiger partial charge in [0.15, 0.2) is 6.61 Å². The molecule has 3 aromatic carbocycles. The van der Waals surface area contributed by atoms with Gasteiger partial charge in [0.1, 0.15) is 0 Å². The van der Waals surface area contributed by atoms with Gasteiger partial charge in [0.05, 0.1) is 11.8 Å². The zero-order chi connectivity index (χ0) is 26.9. The van der Waals surface area contributed by atoms with E-state index in [1.807, 2.05) is 30.3 Å². The molecule has 3 aliphatic carbocycles. The molecule has 198 valence electrons. The number of rotatable bonds is 9. The lowest BCUT2D eigenvalue weighted by Gasteiger charge is -2.45. The van der Waals surface area contributed by atoms with Gasteiger partial charge >= 0.3 is 5.97 Å². The van der Waals surface area contributed by atoms with Crippen molar-refractivity contribution in [2.24, 2.45) is 11.8 Å². The summed E-state index contributed by atoms with van der Waals surface area (Å²) in [7, 11) is 0. The van der Waals surface area contributed by atoms with Crippen LogP contribution in [0.25, 0.3) is 0 Å². The number of hydrogen-bond acceptors (Lipinski definition) is 5. The van der Waals surface area contributed by atoms with E-state index in [2.05, 4.69) is 29.6 Å². The lowest BCUT2D eigenvalue weighted by atomic mass is 9.55. The van der Waals surface area contributed by atoms with Gasteiger partial charge in [-0.05, 0) is 47.2 Å². The van der Waals surface area contributed by atoms with Gasteiger partial charge in [-0.15, -0.1) is 0 Å². The summed E-state index contributed by atoms with van der Waals surface area (Å²) >= 11 is 0. The average molecular weight is 523 g/mol. The Morgan fingerprint density at radius 3 is 1.74 bits per heavy atom. The van der Waals surface area contributed by atoms with Crippen molar-refractivity contribution in [1.82, 2.24) is 4.90 Å². The molecular weight excluding hydrogens is 492 g/mol. The molecule has 1 fully saturated rings. The van der Waals surface area contributed by atoms with Crippen molar-refractivity contribution in [3.63, 3.8) is 0 Å². The molecule has 1 saturated heterocycles. The van der Waals surface area contributed by atoms with Crippen LogP contribution in [-0.2, 0) is 23.9 Å². The molecule has 2 bridgehead atoms. The Hall–Kier alpha value is -4.26. The number of imide groups is 1. The lowest BCUT2D eigenvalue weighted by Crippen LogP contribution is -2.41. The van der Waals surface area contributed by atoms with Crippen LogP contribution in [0.2, 0.25) is 0 Å². The first kappa shape index (κ1) is 25.0. The smallest absolute Gasteiger partial charge is 0.306 e. The van der Waals surface area contributed by atoms with E-state index in [9.17, 15) is 19.2 Å². The SMILES string of the molecule is O=C(COC(=O)CCCCCN1C(=O)[C@@H]2C3c4ccccc4C(c4ccccc43)[C@@H]2C1=O)Nc1ccccc1. The monoisotopic (exact) mass is 522 g/mol. The fourth-order valence-corrected chi connectivity index (χ4v) is 6.61. The maximum absolute atomic E-state index is 13.6. The lowest BCUT2D eigenvalue weighted by molar-refractivity contribution is -0.147. The zero-order valence-corrected chi connectivity index (χ0v) is 21.5. The fraction of sp³-hybridized carbons (Fsp3) is 0.312. The highest BCUT2D eigenvalue weighted by atomic mass is 16.5. The molecule has 3 aromatic rings. The Kier molecular flexibility index (Phi) is 6.73. The Balaban J connectivity index is 1.01. The predicted octanol–water partition coefficient (Wildman–Crippen LogP) is 4.62. The highest BCUT2D eigenvalue weighted by molar-refractivity contribution is 6.07. The van der Waals surface area contributed by atoms with Crippen molar-refractivity contribution >= 4 is 29.4 Å². The number of esters is 1. The minimum atomic E-state index is -0.440. The highest BCUT2D eigenvalue weighted by Crippen LogP contribution is 2.60. The van der Waals surface area contributed by atoms with Crippen LogP contribution in [0.3, 0.4) is 0 Å². The number of anilines is 1. The average Bonchev–Trinajstić information content (AvgIpc) is 3.22. The topological polar surface area (TPSA) is 92.8 Å². The quantitative estimate of drug-likeness (QED) is 0.252. The molecule has 7 nitrogen and oxygen atoms in total. The van der Waals surface area contributed by atoms with Gasteiger partial charge in [0, 0.05) is 30.5 Å². The van der Waals surface area contributed by atoms with Gasteiger partial charge in [0.2, 0.25) is 11.8 Å². The van der Waals surface area contributed by atoms with E-state index in [0.717, 1.165) is 0 Å². The Morgan fingerprint density at radius 1 is 0.692 bits per heavy atom. The maximum atomic E-state index is 13.6. The number of para-hydroxylation sites is 1. The van der Waals surface area contributed by atoms with Crippen molar-refractivity contribution < 1.29 is 23.9 Å². The molecular formula is C32H30N2O5. The molecule has 1 aliphatic heterocycles. The van der Waals surface area contributed by atoms with Crippen LogP contribution < -0.4 is 5.32 Å². The van der Waals surface area contributed by atoms with Crippen LogP contribution in [-0.4, -0.2) is 41.7 Å². The summed E-state index contributed by atoms with van der Waals surface area (Å²) in [5, 5.41) is 2.67. The van der Waals surface area contributed by atoms with Crippen molar-refractivity contribution in [3.8, 4) is 0 Å². The summed E-state index contributed by atoms with van der Waals surface area (Å²) in [5.74, 6) is -1.88. The van der Waals surface area contributed by atoms with Crippen LogP contribution in [0, 0.1) is 11.8 Å². The van der Waals surface area contributed by atoms with Crippen LogP contribution in [0.1, 0.15) is 59.8 Å². The number of nitrogens with zero attached hydrogens (tertiary/aromatic N) is 1. The molecule has 3 amide bonds. The molecule has 0 spiro atoms. The van der Waals surface area contributed by atoms with E-state index in [1.54, 1.807) is 24.3 Å². The van der Waals surface area contributed by atoms with Gasteiger partial charge < -0.3 is 10.1 Å². The van der Waals surface area contributed by atoms with Crippen LogP contribution in [0.5, 0.6) is 0 Å². The minimum absolute atomic E-state index is 0.0761. The number of likely N-dealkylation sites (tertiary alicyclic amines) is 1. The molecule has 1 heterocycles. The predicted molar refractivity (Wildman–Crippen MR) is 145 cm³/mol. The second kappa shape index (κ2) is 10.5. The first-order valence-corrected chi connectivity index (χ1v) is 13.6. The molecule has 39 heavy (non-hydrogen) atoms. The number of ether oxygens (including phenoxy) is 1. The standard InChI is InChI=1S/C32H30N2O5/c35-25(33-20-11-3-1-4-12-20)19-39-26(36)17-5-2-10-18-34-31(37)29-27-21-13-6-7-14-22(21)28(30(29)32(34)38)24-16-9-8-15-23(24)27/h1,3-4,6-9,11-16,27-30H,2,5,10,17-19H2,(H,33,35)/t27?,28?,29-,30+. The Bertz CT molecular complexity index is 1320. The normalized spacial score (nSPS) is 22.2. The second-order valence-corrected chi connectivity index (χ2v) is 10.5. The van der Waals surface area contributed by atoms with E-state index < -0.39 is 5.97 Å². The van der Waals surface area contributed by atoms with Gasteiger partial charge in [0.25, 0.3) is 5.91 Å². The Morgan fingerprint density at radius 2 is 1.21 bits per heavy atom. The van der Waals surface area contributed by atoms with Crippen molar-refractivity contribution in [2.75, 3.05) is 18.5 Å². The molecule has 0 radical (unpaired) electrons. The molecule has 2 atom stereocenters. The molecule has 7 heteroatoms. The van der Waals surface area contributed by atoms with E-state index in [4.69, 9.17) is 4.74 Å². The van der Waals surface area contributed by atoms with Gasteiger partial charge in [-0.3, -0.25) is 24.1 Å². The minimum Gasteiger partial charge on any atom is -0.456 e. The third kappa shape index (κ3) is 4.52. The first-order chi connectivity index (χ1) is 19.0. The summed E-state index contributed by atoms with van der Waals surface area (Å²) in [4.78, 5) is 52.7. The molecule has 1 N–H and O–H groups in total. The van der Waals surface area contributed by atoms with Gasteiger partial charge in [-0.2, -0.15) is 0 Å². The van der Waals surface area contributed by atoms with Gasteiger partial charge in [-0.1, -0.05) is 73.2 Å². The maximum Gasteiger partial charge on any atom is 0.306 e. The fourth-order valence-electron chi connectivity index (χ4n) is 6.61. The number of nitrogens with one attached hydrogen (secondary N) is 1. The van der Waals surface area contributed by atoms with Crippen molar-refractivity contribution in [3.05, 3.63) is 101 Å². The molecule has 4 aliphatic rings. The molecule has 0 unspecified atom stereocenters. The highest BCUT2D eigenvalue weighted by Gasteiger charge is 2.61. The third-order valence-electron chi connectivity index (χ3n) is 8.22. The number of carbonyl (C=O) groups excluding carboxylic acids is 4. The number of carbonyl (C=O) groups is 4. The summed E-state index contributed by atoms with van der Waals surface area (Å²) in [5.41, 5.74) is 5.32. The molecule has 7 rings (SSSR count). The first-order valence-electron chi connectivity index (χ1n) is 13.6. The number of amides is 3. The summed E-state index contributed by atoms with van der Waals surface area (Å²) < 4.78 is 5.08. The van der Waals surface area contributed by atoms with Crippen LogP contribution in [0.15, 0.2) is 78.9 Å².